The van der Waals surface area contributed by atoms with Gasteiger partial charge in [-0.1, -0.05) is 6.08 Å². The highest BCUT2D eigenvalue weighted by atomic mass is 16.2. The number of nitrogens with two attached hydrogens (primary N) is 1. The second-order valence-corrected chi connectivity index (χ2v) is 3.44. The summed E-state index contributed by atoms with van der Waals surface area (Å²) in [5.74, 6) is -0.0608. The molecule has 0 saturated carbocycles. The molecule has 0 aromatic heterocycles. The number of carbonyl (C=O) groups is 2. The van der Waals surface area contributed by atoms with Crippen LogP contribution in [0.2, 0.25) is 0 Å². The molecule has 0 aromatic carbocycles. The molecule has 0 bridgehead atoms. The average Bonchev–Trinajstić information content (AvgIpc) is 2.63. The van der Waals surface area contributed by atoms with E-state index in [9.17, 15) is 9.59 Å². The zero-order valence-electron chi connectivity index (χ0n) is 7.90. The molecule has 2 N–H and O–H groups in total. The molecule has 0 radical (unpaired) electrons. The van der Waals surface area contributed by atoms with E-state index in [4.69, 9.17) is 5.73 Å². The van der Waals surface area contributed by atoms with E-state index in [1.165, 1.54) is 4.90 Å². The number of piperazine rings is 1. The smallest absolute Gasteiger partial charge is 0.270 e. The van der Waals surface area contributed by atoms with Gasteiger partial charge in [0.25, 0.3) is 5.91 Å². The highest BCUT2D eigenvalue weighted by molar-refractivity contribution is 6.03. The van der Waals surface area contributed by atoms with Gasteiger partial charge in [0.05, 0.1) is 0 Å². The van der Waals surface area contributed by atoms with Gasteiger partial charge in [0, 0.05) is 19.6 Å². The van der Waals surface area contributed by atoms with Crippen LogP contribution >= 0.6 is 0 Å². The van der Waals surface area contributed by atoms with Gasteiger partial charge in [-0.2, -0.15) is 0 Å². The maximum atomic E-state index is 11.8. The van der Waals surface area contributed by atoms with Crippen LogP contribution in [0.5, 0.6) is 0 Å². The Morgan fingerprint density at radius 1 is 1.43 bits per heavy atom. The SMILES string of the molecule is NCCN1CC(=O)N2CCC=C2C1=O. The topological polar surface area (TPSA) is 66.6 Å². The Hall–Kier alpha value is -1.36. The first kappa shape index (κ1) is 9.21. The number of hydrogen-bond acceptors (Lipinski definition) is 3. The van der Waals surface area contributed by atoms with Crippen LogP contribution in [0.3, 0.4) is 0 Å². The van der Waals surface area contributed by atoms with Crippen LogP contribution < -0.4 is 5.73 Å². The van der Waals surface area contributed by atoms with E-state index < -0.39 is 0 Å². The number of rotatable bonds is 2. The Morgan fingerprint density at radius 3 is 2.93 bits per heavy atom. The van der Waals surface area contributed by atoms with Crippen LogP contribution in [0.15, 0.2) is 11.8 Å². The lowest BCUT2D eigenvalue weighted by Gasteiger charge is -2.32. The summed E-state index contributed by atoms with van der Waals surface area (Å²) >= 11 is 0. The molecule has 76 valence electrons. The quantitative estimate of drug-likeness (QED) is 0.608. The lowest BCUT2D eigenvalue weighted by Crippen LogP contribution is -2.51. The summed E-state index contributed by atoms with van der Waals surface area (Å²) in [5, 5.41) is 0. The predicted octanol–water partition coefficient (Wildman–Crippen LogP) is -1.10. The molecule has 2 heterocycles. The van der Waals surface area contributed by atoms with Crippen molar-refractivity contribution in [3.63, 3.8) is 0 Å². The second kappa shape index (κ2) is 3.42. The van der Waals surface area contributed by atoms with Gasteiger partial charge in [-0.05, 0) is 6.42 Å². The van der Waals surface area contributed by atoms with E-state index >= 15 is 0 Å². The largest absolute Gasteiger partial charge is 0.329 e. The number of hydrogen-bond donors (Lipinski definition) is 1. The third-order valence-corrected chi connectivity index (χ3v) is 2.51. The molecule has 2 rings (SSSR count). The van der Waals surface area contributed by atoms with Gasteiger partial charge in [-0.15, -0.1) is 0 Å². The van der Waals surface area contributed by atoms with Crippen molar-refractivity contribution in [3.05, 3.63) is 11.8 Å². The minimum absolute atomic E-state index is 0.00167. The summed E-state index contributed by atoms with van der Waals surface area (Å²) in [6.07, 6.45) is 2.60. The first-order chi connectivity index (χ1) is 6.74. The van der Waals surface area contributed by atoms with Gasteiger partial charge in [-0.25, -0.2) is 0 Å². The van der Waals surface area contributed by atoms with Gasteiger partial charge in [0.1, 0.15) is 12.2 Å². The predicted molar refractivity (Wildman–Crippen MR) is 50.0 cm³/mol. The monoisotopic (exact) mass is 195 g/mol. The van der Waals surface area contributed by atoms with Gasteiger partial charge in [-0.3, -0.25) is 9.59 Å². The second-order valence-electron chi connectivity index (χ2n) is 3.44. The van der Waals surface area contributed by atoms with Crippen LogP contribution in [-0.2, 0) is 9.59 Å². The normalized spacial score (nSPS) is 21.4. The molecule has 1 saturated heterocycles. The van der Waals surface area contributed by atoms with Crippen molar-refractivity contribution in [1.29, 1.82) is 0 Å². The van der Waals surface area contributed by atoms with Crippen molar-refractivity contribution in [1.82, 2.24) is 9.80 Å². The summed E-state index contributed by atoms with van der Waals surface area (Å²) in [5.41, 5.74) is 5.90. The third kappa shape index (κ3) is 1.29. The van der Waals surface area contributed by atoms with Crippen molar-refractivity contribution in [3.8, 4) is 0 Å². The van der Waals surface area contributed by atoms with E-state index in [0.29, 0.717) is 25.3 Å². The Kier molecular flexibility index (Phi) is 2.25. The number of amides is 2. The summed E-state index contributed by atoms with van der Waals surface area (Å²) in [4.78, 5) is 26.4. The van der Waals surface area contributed by atoms with Gasteiger partial charge >= 0.3 is 0 Å². The first-order valence-electron chi connectivity index (χ1n) is 4.74. The number of carbonyl (C=O) groups excluding carboxylic acids is 2. The Labute approximate surface area is 82.1 Å². The first-order valence-corrected chi connectivity index (χ1v) is 4.74. The van der Waals surface area contributed by atoms with E-state index in [1.807, 2.05) is 6.08 Å². The summed E-state index contributed by atoms with van der Waals surface area (Å²) in [6, 6.07) is 0. The van der Waals surface area contributed by atoms with Crippen molar-refractivity contribution >= 4 is 11.8 Å². The molecule has 0 spiro atoms. The zero-order valence-corrected chi connectivity index (χ0v) is 7.90. The van der Waals surface area contributed by atoms with E-state index in [2.05, 4.69) is 0 Å². The molecule has 1 fully saturated rings. The summed E-state index contributed by atoms with van der Waals surface area (Å²) in [7, 11) is 0. The van der Waals surface area contributed by atoms with E-state index in [1.54, 1.807) is 4.90 Å². The van der Waals surface area contributed by atoms with Crippen LogP contribution in [0.25, 0.3) is 0 Å². The maximum absolute atomic E-state index is 11.8. The minimum atomic E-state index is -0.0625. The Morgan fingerprint density at radius 2 is 2.21 bits per heavy atom. The molecule has 0 aliphatic carbocycles. The van der Waals surface area contributed by atoms with E-state index in [-0.39, 0.29) is 18.4 Å². The van der Waals surface area contributed by atoms with Crippen molar-refractivity contribution in [2.24, 2.45) is 5.73 Å². The zero-order chi connectivity index (χ0) is 10.1. The average molecular weight is 195 g/mol. The van der Waals surface area contributed by atoms with Crippen LogP contribution in [0.4, 0.5) is 0 Å². The minimum Gasteiger partial charge on any atom is -0.329 e. The molecule has 5 heteroatoms. The molecule has 0 aromatic rings. The summed E-state index contributed by atoms with van der Waals surface area (Å²) in [6.45, 7) is 1.67. The highest BCUT2D eigenvalue weighted by Crippen LogP contribution is 2.21. The number of fused-ring (bicyclic) bond motifs is 1. The standard InChI is InChI=1S/C9H13N3O2/c10-3-5-11-6-8(13)12-4-1-2-7(12)9(11)14/h2H,1,3-6,10H2. The molecule has 0 unspecified atom stereocenters. The third-order valence-electron chi connectivity index (χ3n) is 2.51. The van der Waals surface area contributed by atoms with Gasteiger partial charge in [0.2, 0.25) is 5.91 Å². The number of nitrogens with zero attached hydrogens (tertiary/aromatic N) is 2. The molecule has 0 atom stereocenters. The fourth-order valence-electron chi connectivity index (χ4n) is 1.84. The fraction of sp³-hybridized carbons (Fsp3) is 0.556. The maximum Gasteiger partial charge on any atom is 0.270 e. The molecular weight excluding hydrogens is 182 g/mol. The molecule has 2 aliphatic rings. The van der Waals surface area contributed by atoms with Gasteiger partial charge in [0.15, 0.2) is 0 Å². The van der Waals surface area contributed by atoms with Crippen LogP contribution in [0, 0.1) is 0 Å². The van der Waals surface area contributed by atoms with Crippen LogP contribution in [0.1, 0.15) is 6.42 Å². The molecule has 5 nitrogen and oxygen atoms in total. The lowest BCUT2D eigenvalue weighted by molar-refractivity contribution is -0.144. The van der Waals surface area contributed by atoms with Crippen molar-refractivity contribution in [2.45, 2.75) is 6.42 Å². The van der Waals surface area contributed by atoms with Crippen LogP contribution in [-0.4, -0.2) is 47.8 Å². The summed E-state index contributed by atoms with van der Waals surface area (Å²) < 4.78 is 0. The van der Waals surface area contributed by atoms with Crippen molar-refractivity contribution in [2.75, 3.05) is 26.2 Å². The van der Waals surface area contributed by atoms with Gasteiger partial charge < -0.3 is 15.5 Å². The van der Waals surface area contributed by atoms with E-state index in [0.717, 1.165) is 6.42 Å². The molecule has 14 heavy (non-hydrogen) atoms. The Balaban J connectivity index is 2.19. The highest BCUT2D eigenvalue weighted by Gasteiger charge is 2.35. The molecule has 2 aliphatic heterocycles. The molecule has 2 amide bonds. The van der Waals surface area contributed by atoms with Crippen molar-refractivity contribution < 1.29 is 9.59 Å². The Bertz CT molecular complexity index is 311. The lowest BCUT2D eigenvalue weighted by atomic mass is 10.2. The fourth-order valence-corrected chi connectivity index (χ4v) is 1.84. The molecular formula is C9H13N3O2.